The van der Waals surface area contributed by atoms with Crippen LogP contribution in [0, 0.1) is 5.82 Å². The summed E-state index contributed by atoms with van der Waals surface area (Å²) < 4.78 is 27.0. The molecule has 0 fully saturated rings. The molecule has 1 amide bonds. The molecule has 0 aliphatic heterocycles. The van der Waals surface area contributed by atoms with Gasteiger partial charge in [0.05, 0.1) is 17.0 Å². The maximum atomic E-state index is 13.2. The largest absolute Gasteiger partial charge is 0.335 e. The second-order valence-corrected chi connectivity index (χ2v) is 9.70. The third-order valence-corrected chi connectivity index (χ3v) is 7.96. The van der Waals surface area contributed by atoms with Gasteiger partial charge in [0.1, 0.15) is 5.82 Å². The van der Waals surface area contributed by atoms with Gasteiger partial charge in [-0.3, -0.25) is 14.0 Å². The molecule has 0 atom stereocenters. The van der Waals surface area contributed by atoms with Crippen LogP contribution in [-0.4, -0.2) is 25.5 Å². The lowest BCUT2D eigenvalue weighted by molar-refractivity contribution is -0.111. The van der Waals surface area contributed by atoms with Crippen molar-refractivity contribution in [3.05, 3.63) is 77.9 Å². The molecule has 9 heteroatoms. The quantitative estimate of drug-likeness (QED) is 0.314. The second-order valence-electron chi connectivity index (χ2n) is 7.76. The Bertz CT molecular complexity index is 1190. The standard InChI is InChI=1S/C24H27FN3O4P/c1-4-24(5-2,33(30,31)32)18-8-12-20(13-9-18)27-23(29)15-14-22-21(16-26-28(22)3)17-6-10-19(25)11-7-17/h6-16H,4-5H2,1-3H3,(H,27,29)(H2,30,31,32). The molecule has 1 aromatic heterocycles. The van der Waals surface area contributed by atoms with Crippen LogP contribution in [0.1, 0.15) is 37.9 Å². The van der Waals surface area contributed by atoms with Gasteiger partial charge < -0.3 is 15.1 Å². The first-order chi connectivity index (χ1) is 15.6. The fraction of sp³-hybridized carbons (Fsp3) is 0.250. The molecule has 3 N–H and O–H groups in total. The molecular formula is C24H27FN3O4P. The molecule has 1 heterocycles. The number of rotatable bonds is 8. The molecule has 3 aromatic rings. The van der Waals surface area contributed by atoms with Crippen molar-refractivity contribution < 1.29 is 23.5 Å². The van der Waals surface area contributed by atoms with Gasteiger partial charge in [-0.2, -0.15) is 5.10 Å². The normalized spacial score (nSPS) is 12.3. The van der Waals surface area contributed by atoms with Crippen LogP contribution in [0.5, 0.6) is 0 Å². The number of halogens is 1. The van der Waals surface area contributed by atoms with Gasteiger partial charge >= 0.3 is 7.60 Å². The molecule has 174 valence electrons. The van der Waals surface area contributed by atoms with Crippen molar-refractivity contribution in [2.75, 3.05) is 5.32 Å². The van der Waals surface area contributed by atoms with E-state index in [1.165, 1.54) is 18.2 Å². The molecule has 0 aliphatic rings. The summed E-state index contributed by atoms with van der Waals surface area (Å²) in [5.74, 6) is -0.706. The average Bonchev–Trinajstić information content (AvgIpc) is 3.14. The number of benzene rings is 2. The zero-order valence-corrected chi connectivity index (χ0v) is 19.6. The molecule has 0 aliphatic carbocycles. The summed E-state index contributed by atoms with van der Waals surface area (Å²) in [6.45, 7) is 3.50. The van der Waals surface area contributed by atoms with Crippen molar-refractivity contribution >= 4 is 25.3 Å². The number of aryl methyl sites for hydroxylation is 1. The lowest BCUT2D eigenvalue weighted by Gasteiger charge is -2.33. The van der Waals surface area contributed by atoms with E-state index in [4.69, 9.17) is 0 Å². The number of hydrogen-bond acceptors (Lipinski definition) is 3. The highest BCUT2D eigenvalue weighted by Crippen LogP contribution is 2.60. The zero-order chi connectivity index (χ0) is 24.2. The Morgan fingerprint density at radius 1 is 1.12 bits per heavy atom. The van der Waals surface area contributed by atoms with Gasteiger partial charge in [0.15, 0.2) is 0 Å². The number of nitrogens with one attached hydrogen (secondary N) is 1. The van der Waals surface area contributed by atoms with Crippen molar-refractivity contribution in [1.82, 2.24) is 9.78 Å². The summed E-state index contributed by atoms with van der Waals surface area (Å²) in [6.07, 6.45) is 5.24. The van der Waals surface area contributed by atoms with Crippen molar-refractivity contribution in [3.8, 4) is 11.1 Å². The summed E-state index contributed by atoms with van der Waals surface area (Å²) >= 11 is 0. The Balaban J connectivity index is 1.77. The first-order valence-electron chi connectivity index (χ1n) is 10.5. The minimum absolute atomic E-state index is 0.295. The first kappa shape index (κ1) is 24.6. The van der Waals surface area contributed by atoms with Crippen LogP contribution in [-0.2, 0) is 21.6 Å². The first-order valence-corrected chi connectivity index (χ1v) is 12.2. The molecule has 0 bridgehead atoms. The highest BCUT2D eigenvalue weighted by atomic mass is 31.2. The van der Waals surface area contributed by atoms with Gasteiger partial charge in [0.25, 0.3) is 0 Å². The molecule has 0 unspecified atom stereocenters. The zero-order valence-electron chi connectivity index (χ0n) is 18.7. The van der Waals surface area contributed by atoms with E-state index < -0.39 is 12.8 Å². The SMILES string of the molecule is CCC(CC)(c1ccc(NC(=O)C=Cc2c(-c3ccc(F)cc3)cnn2C)cc1)P(=O)(O)O. The molecule has 2 aromatic carbocycles. The molecule has 33 heavy (non-hydrogen) atoms. The second kappa shape index (κ2) is 9.83. The van der Waals surface area contributed by atoms with Gasteiger partial charge in [-0.05, 0) is 54.3 Å². The summed E-state index contributed by atoms with van der Waals surface area (Å²) in [7, 11) is -2.63. The minimum atomic E-state index is -4.38. The lowest BCUT2D eigenvalue weighted by atomic mass is 9.92. The van der Waals surface area contributed by atoms with E-state index in [9.17, 15) is 23.5 Å². The summed E-state index contributed by atoms with van der Waals surface area (Å²) in [5, 5.41) is 5.72. The number of anilines is 1. The van der Waals surface area contributed by atoms with E-state index in [-0.39, 0.29) is 11.7 Å². The van der Waals surface area contributed by atoms with E-state index in [1.807, 2.05) is 0 Å². The topological polar surface area (TPSA) is 104 Å². The molecule has 0 spiro atoms. The number of nitrogens with zero attached hydrogens (tertiary/aromatic N) is 2. The van der Waals surface area contributed by atoms with E-state index in [0.717, 1.165) is 11.1 Å². The van der Waals surface area contributed by atoms with E-state index in [0.29, 0.717) is 29.8 Å². The predicted octanol–water partition coefficient (Wildman–Crippen LogP) is 5.07. The Morgan fingerprint density at radius 3 is 2.27 bits per heavy atom. The van der Waals surface area contributed by atoms with Crippen LogP contribution in [0.2, 0.25) is 0 Å². The fourth-order valence-corrected chi connectivity index (χ4v) is 5.25. The van der Waals surface area contributed by atoms with Crippen LogP contribution in [0.3, 0.4) is 0 Å². The maximum absolute atomic E-state index is 13.2. The highest BCUT2D eigenvalue weighted by Gasteiger charge is 2.45. The van der Waals surface area contributed by atoms with E-state index in [1.54, 1.807) is 74.2 Å². The average molecular weight is 471 g/mol. The Labute approximate surface area is 192 Å². The highest BCUT2D eigenvalue weighted by molar-refractivity contribution is 7.53. The number of hydrogen-bond donors (Lipinski definition) is 3. The van der Waals surface area contributed by atoms with Gasteiger partial charge in [0.2, 0.25) is 5.91 Å². The maximum Gasteiger partial charge on any atom is 0.335 e. The van der Waals surface area contributed by atoms with Crippen LogP contribution < -0.4 is 5.32 Å². The van der Waals surface area contributed by atoms with Crippen LogP contribution in [0.4, 0.5) is 10.1 Å². The van der Waals surface area contributed by atoms with E-state index in [2.05, 4.69) is 10.4 Å². The fourth-order valence-electron chi connectivity index (χ4n) is 3.94. The summed E-state index contributed by atoms with van der Waals surface area (Å²) in [5.41, 5.74) is 3.26. The lowest BCUT2D eigenvalue weighted by Crippen LogP contribution is -2.24. The van der Waals surface area contributed by atoms with Crippen molar-refractivity contribution in [2.45, 2.75) is 31.8 Å². The van der Waals surface area contributed by atoms with Crippen LogP contribution in [0.25, 0.3) is 17.2 Å². The Kier molecular flexibility index (Phi) is 7.32. The van der Waals surface area contributed by atoms with Gasteiger partial charge in [0, 0.05) is 24.4 Å². The van der Waals surface area contributed by atoms with Gasteiger partial charge in [-0.15, -0.1) is 0 Å². The van der Waals surface area contributed by atoms with Crippen LogP contribution >= 0.6 is 7.60 Å². The molecule has 0 radical (unpaired) electrons. The van der Waals surface area contributed by atoms with Crippen LogP contribution in [0.15, 0.2) is 60.8 Å². The smallest absolute Gasteiger partial charge is 0.324 e. The minimum Gasteiger partial charge on any atom is -0.324 e. The molecule has 0 saturated heterocycles. The Morgan fingerprint density at radius 2 is 1.73 bits per heavy atom. The summed E-state index contributed by atoms with van der Waals surface area (Å²) in [6, 6.07) is 12.6. The third-order valence-electron chi connectivity index (χ3n) is 5.95. The molecule has 3 rings (SSSR count). The summed E-state index contributed by atoms with van der Waals surface area (Å²) in [4.78, 5) is 32.3. The molecule has 0 saturated carbocycles. The van der Waals surface area contributed by atoms with Crippen molar-refractivity contribution in [3.63, 3.8) is 0 Å². The van der Waals surface area contributed by atoms with Gasteiger partial charge in [-0.25, -0.2) is 4.39 Å². The monoisotopic (exact) mass is 471 g/mol. The van der Waals surface area contributed by atoms with Crippen molar-refractivity contribution in [2.24, 2.45) is 7.05 Å². The number of amides is 1. The molecule has 7 nitrogen and oxygen atoms in total. The predicted molar refractivity (Wildman–Crippen MR) is 127 cm³/mol. The van der Waals surface area contributed by atoms with Gasteiger partial charge in [-0.1, -0.05) is 38.1 Å². The Hall–Kier alpha value is -3.06. The number of carbonyl (C=O) groups excluding carboxylic acids is 1. The van der Waals surface area contributed by atoms with E-state index >= 15 is 0 Å². The number of aromatic nitrogens is 2. The number of carbonyl (C=O) groups is 1. The molecular weight excluding hydrogens is 444 g/mol. The third kappa shape index (κ3) is 5.14. The van der Waals surface area contributed by atoms with Crippen molar-refractivity contribution in [1.29, 1.82) is 0 Å².